The van der Waals surface area contributed by atoms with Gasteiger partial charge in [0, 0.05) is 23.9 Å². The summed E-state index contributed by atoms with van der Waals surface area (Å²) in [6.07, 6.45) is 3.10. The summed E-state index contributed by atoms with van der Waals surface area (Å²) >= 11 is 2.00. The molecule has 1 aromatic carbocycles. The largest absolute Gasteiger partial charge is 0.387 e. The second-order valence-electron chi connectivity index (χ2n) is 4.68. The smallest absolute Gasteiger partial charge is 0.129 e. The Labute approximate surface area is 112 Å². The highest BCUT2D eigenvalue weighted by Gasteiger charge is 2.15. The van der Waals surface area contributed by atoms with Crippen LogP contribution in [-0.2, 0) is 0 Å². The summed E-state index contributed by atoms with van der Waals surface area (Å²) in [7, 11) is 0. The first-order valence-corrected chi connectivity index (χ1v) is 7.57. The summed E-state index contributed by atoms with van der Waals surface area (Å²) in [5.41, 5.74) is 0.376. The Morgan fingerprint density at radius 1 is 1.39 bits per heavy atom. The number of benzene rings is 1. The molecule has 1 aliphatic heterocycles. The Morgan fingerprint density at radius 3 is 2.94 bits per heavy atom. The molecular weight excluding hydrogens is 249 g/mol. The van der Waals surface area contributed by atoms with Gasteiger partial charge in [0.15, 0.2) is 0 Å². The number of hydrogen-bond donors (Lipinski definition) is 2. The van der Waals surface area contributed by atoms with E-state index in [1.54, 1.807) is 18.2 Å². The highest BCUT2D eigenvalue weighted by atomic mass is 32.2. The molecule has 0 aliphatic carbocycles. The van der Waals surface area contributed by atoms with Gasteiger partial charge < -0.3 is 10.4 Å². The van der Waals surface area contributed by atoms with E-state index in [0.717, 1.165) is 6.54 Å². The molecule has 2 rings (SSSR count). The molecule has 0 spiro atoms. The summed E-state index contributed by atoms with van der Waals surface area (Å²) in [5, 5.41) is 13.8. The Kier molecular flexibility index (Phi) is 5.47. The summed E-state index contributed by atoms with van der Waals surface area (Å²) in [5.74, 6) is 0.904. The van der Waals surface area contributed by atoms with Crippen LogP contribution in [0.1, 0.15) is 30.9 Å². The molecule has 2 N–H and O–H groups in total. The number of nitrogens with one attached hydrogen (secondary N) is 1. The van der Waals surface area contributed by atoms with E-state index in [-0.39, 0.29) is 5.82 Å². The second-order valence-corrected chi connectivity index (χ2v) is 6.09. The van der Waals surface area contributed by atoms with Crippen molar-refractivity contribution in [2.45, 2.75) is 30.6 Å². The number of hydrogen-bond acceptors (Lipinski definition) is 3. The Hall–Kier alpha value is -0.580. The molecule has 2 atom stereocenters. The van der Waals surface area contributed by atoms with Gasteiger partial charge in [0.1, 0.15) is 5.82 Å². The van der Waals surface area contributed by atoms with Gasteiger partial charge in [0.25, 0.3) is 0 Å². The third-order valence-corrected chi connectivity index (χ3v) is 4.65. The lowest BCUT2D eigenvalue weighted by Gasteiger charge is -2.22. The van der Waals surface area contributed by atoms with Crippen LogP contribution in [0.15, 0.2) is 24.3 Å². The van der Waals surface area contributed by atoms with Gasteiger partial charge in [-0.15, -0.1) is 0 Å². The van der Waals surface area contributed by atoms with Crippen LogP contribution in [0.2, 0.25) is 0 Å². The fraction of sp³-hybridized carbons (Fsp3) is 0.571. The zero-order valence-electron chi connectivity index (χ0n) is 10.4. The van der Waals surface area contributed by atoms with Gasteiger partial charge >= 0.3 is 0 Å². The molecule has 1 fully saturated rings. The lowest BCUT2D eigenvalue weighted by molar-refractivity contribution is 0.170. The molecule has 2 unspecified atom stereocenters. The highest BCUT2D eigenvalue weighted by molar-refractivity contribution is 7.99. The summed E-state index contributed by atoms with van der Waals surface area (Å²) in [6.45, 7) is 1.31. The van der Waals surface area contributed by atoms with Gasteiger partial charge in [0.05, 0.1) is 6.10 Å². The Morgan fingerprint density at radius 2 is 2.22 bits per heavy atom. The molecule has 0 bridgehead atoms. The maximum Gasteiger partial charge on any atom is 0.129 e. The summed E-state index contributed by atoms with van der Waals surface area (Å²) in [4.78, 5) is 0. The topological polar surface area (TPSA) is 32.3 Å². The quantitative estimate of drug-likeness (QED) is 0.862. The van der Waals surface area contributed by atoms with Crippen molar-refractivity contribution in [1.82, 2.24) is 5.32 Å². The molecule has 0 saturated carbocycles. The van der Waals surface area contributed by atoms with Crippen LogP contribution in [0, 0.1) is 5.82 Å². The molecule has 1 saturated heterocycles. The molecule has 1 aromatic rings. The van der Waals surface area contributed by atoms with Crippen molar-refractivity contribution in [3.8, 4) is 0 Å². The molecule has 18 heavy (non-hydrogen) atoms. The average molecular weight is 269 g/mol. The number of rotatable bonds is 5. The molecule has 100 valence electrons. The van der Waals surface area contributed by atoms with Crippen LogP contribution < -0.4 is 5.32 Å². The third-order valence-electron chi connectivity index (χ3n) is 3.25. The molecule has 0 aromatic heterocycles. The predicted molar refractivity (Wildman–Crippen MR) is 74.3 cm³/mol. The van der Waals surface area contributed by atoms with Crippen molar-refractivity contribution in [2.75, 3.05) is 18.8 Å². The number of halogens is 1. The fourth-order valence-electron chi connectivity index (χ4n) is 2.20. The lowest BCUT2D eigenvalue weighted by Crippen LogP contribution is -2.30. The maximum absolute atomic E-state index is 13.4. The number of aliphatic hydroxyl groups is 1. The minimum atomic E-state index is -0.764. The van der Waals surface area contributed by atoms with Crippen LogP contribution in [0.5, 0.6) is 0 Å². The fourth-order valence-corrected chi connectivity index (χ4v) is 3.48. The van der Waals surface area contributed by atoms with E-state index in [1.807, 2.05) is 11.8 Å². The predicted octanol–water partition coefficient (Wildman–Crippen LogP) is 2.73. The zero-order chi connectivity index (χ0) is 12.8. The van der Waals surface area contributed by atoms with Crippen LogP contribution >= 0.6 is 11.8 Å². The molecule has 0 amide bonds. The second kappa shape index (κ2) is 7.12. The first-order chi connectivity index (χ1) is 8.77. The van der Waals surface area contributed by atoms with E-state index in [0.29, 0.717) is 17.4 Å². The third kappa shape index (κ3) is 3.97. The van der Waals surface area contributed by atoms with E-state index >= 15 is 0 Å². The monoisotopic (exact) mass is 269 g/mol. The van der Waals surface area contributed by atoms with Gasteiger partial charge in [0.2, 0.25) is 0 Å². The van der Waals surface area contributed by atoms with E-state index in [9.17, 15) is 9.50 Å². The molecule has 0 radical (unpaired) electrons. The Balaban J connectivity index is 1.74. The normalized spacial score (nSPS) is 21.8. The molecular formula is C14H20FNOS. The SMILES string of the molecule is OC(CNCC1CCCCS1)c1ccccc1F. The van der Waals surface area contributed by atoms with E-state index in [4.69, 9.17) is 0 Å². The van der Waals surface area contributed by atoms with Crippen LogP contribution in [0.4, 0.5) is 4.39 Å². The van der Waals surface area contributed by atoms with Crippen molar-refractivity contribution in [3.63, 3.8) is 0 Å². The van der Waals surface area contributed by atoms with Gasteiger partial charge in [-0.05, 0) is 24.7 Å². The molecule has 2 nitrogen and oxygen atoms in total. The molecule has 4 heteroatoms. The van der Waals surface area contributed by atoms with Crippen LogP contribution in [0.3, 0.4) is 0 Å². The van der Waals surface area contributed by atoms with Crippen molar-refractivity contribution in [3.05, 3.63) is 35.6 Å². The first-order valence-electron chi connectivity index (χ1n) is 6.52. The minimum Gasteiger partial charge on any atom is -0.387 e. The van der Waals surface area contributed by atoms with E-state index in [2.05, 4.69) is 5.32 Å². The first kappa shape index (κ1) is 13.8. The summed E-state index contributed by atoms with van der Waals surface area (Å²) in [6, 6.07) is 6.41. The van der Waals surface area contributed by atoms with Gasteiger partial charge in [-0.3, -0.25) is 0 Å². The van der Waals surface area contributed by atoms with Crippen LogP contribution in [-0.4, -0.2) is 29.2 Å². The van der Waals surface area contributed by atoms with Crippen LogP contribution in [0.25, 0.3) is 0 Å². The number of aliphatic hydroxyl groups excluding tert-OH is 1. The van der Waals surface area contributed by atoms with E-state index < -0.39 is 6.10 Å². The van der Waals surface area contributed by atoms with Gasteiger partial charge in [-0.25, -0.2) is 4.39 Å². The molecule has 1 heterocycles. The standard InChI is InChI=1S/C14H20FNOS/c15-13-7-2-1-6-12(13)14(17)10-16-9-11-5-3-4-8-18-11/h1-2,6-7,11,14,16-17H,3-5,8-10H2. The zero-order valence-corrected chi connectivity index (χ0v) is 11.3. The minimum absolute atomic E-state index is 0.334. The maximum atomic E-state index is 13.4. The molecule has 1 aliphatic rings. The van der Waals surface area contributed by atoms with Gasteiger partial charge in [-0.1, -0.05) is 24.6 Å². The number of thioether (sulfide) groups is 1. The van der Waals surface area contributed by atoms with Crippen molar-refractivity contribution in [1.29, 1.82) is 0 Å². The average Bonchev–Trinajstić information content (AvgIpc) is 2.40. The van der Waals surface area contributed by atoms with Gasteiger partial charge in [-0.2, -0.15) is 11.8 Å². The lowest BCUT2D eigenvalue weighted by atomic mass is 10.1. The van der Waals surface area contributed by atoms with Crippen molar-refractivity contribution >= 4 is 11.8 Å². The summed E-state index contributed by atoms with van der Waals surface area (Å²) < 4.78 is 13.4. The highest BCUT2D eigenvalue weighted by Crippen LogP contribution is 2.24. The Bertz CT molecular complexity index is 369. The van der Waals surface area contributed by atoms with Crippen molar-refractivity contribution < 1.29 is 9.50 Å². The van der Waals surface area contributed by atoms with E-state index in [1.165, 1.54) is 31.1 Å². The van der Waals surface area contributed by atoms with Crippen molar-refractivity contribution in [2.24, 2.45) is 0 Å².